The number of phenolic OH excluding ortho intramolecular Hbond substituents is 1. The van der Waals surface area contributed by atoms with Crippen LogP contribution in [0.25, 0.3) is 0 Å². The minimum Gasteiger partial charge on any atom is -0.507 e. The summed E-state index contributed by atoms with van der Waals surface area (Å²) in [6.45, 7) is 3.60. The molecule has 3 N–H and O–H groups in total. The van der Waals surface area contributed by atoms with E-state index in [1.807, 2.05) is 26.0 Å². The average Bonchev–Trinajstić information content (AvgIpc) is 2.81. The third kappa shape index (κ3) is 5.94. The predicted octanol–water partition coefficient (Wildman–Crippen LogP) is 3.70. The number of aromatic hydroxyl groups is 1. The zero-order chi connectivity index (χ0) is 24.7. The topological polar surface area (TPSA) is 143 Å². The van der Waals surface area contributed by atoms with E-state index in [0.29, 0.717) is 5.75 Å². The quantitative estimate of drug-likeness (QED) is 0.265. The van der Waals surface area contributed by atoms with Gasteiger partial charge in [0, 0.05) is 17.7 Å². The van der Waals surface area contributed by atoms with Gasteiger partial charge >= 0.3 is 0 Å². The minimum absolute atomic E-state index is 0.0553. The Balaban J connectivity index is 1.65. The van der Waals surface area contributed by atoms with Crippen molar-refractivity contribution in [2.45, 2.75) is 13.8 Å². The number of carbonyl (C=O) groups is 2. The van der Waals surface area contributed by atoms with Gasteiger partial charge in [-0.05, 0) is 49.2 Å². The van der Waals surface area contributed by atoms with E-state index in [-0.39, 0.29) is 34.9 Å². The van der Waals surface area contributed by atoms with E-state index in [0.717, 1.165) is 35.5 Å². The lowest BCUT2D eigenvalue weighted by Crippen LogP contribution is -2.24. The molecule has 0 bridgehead atoms. The summed E-state index contributed by atoms with van der Waals surface area (Å²) in [5.74, 6) is -0.723. The van der Waals surface area contributed by atoms with E-state index in [1.165, 1.54) is 6.07 Å². The highest BCUT2D eigenvalue weighted by Gasteiger charge is 2.14. The van der Waals surface area contributed by atoms with E-state index in [2.05, 4.69) is 15.8 Å². The van der Waals surface area contributed by atoms with Gasteiger partial charge in [0.25, 0.3) is 17.5 Å². The van der Waals surface area contributed by atoms with Crippen molar-refractivity contribution >= 4 is 29.4 Å². The van der Waals surface area contributed by atoms with Crippen LogP contribution in [0, 0.1) is 24.0 Å². The minimum atomic E-state index is -0.632. The fourth-order valence-electron chi connectivity index (χ4n) is 2.98. The van der Waals surface area contributed by atoms with Crippen molar-refractivity contribution < 1.29 is 24.4 Å². The highest BCUT2D eigenvalue weighted by molar-refractivity contribution is 6.04. The second-order valence-electron chi connectivity index (χ2n) is 7.28. The molecule has 174 valence electrons. The molecule has 0 saturated carbocycles. The third-order valence-electron chi connectivity index (χ3n) is 4.95. The molecule has 0 aliphatic rings. The zero-order valence-corrected chi connectivity index (χ0v) is 18.4. The number of phenols is 1. The number of benzene rings is 3. The number of nitrogens with one attached hydrogen (secondary N) is 2. The number of hydrogen-bond donors (Lipinski definition) is 3. The van der Waals surface area contributed by atoms with Crippen LogP contribution in [0.4, 0.5) is 11.4 Å². The molecule has 0 fully saturated rings. The van der Waals surface area contributed by atoms with Crippen molar-refractivity contribution in [1.29, 1.82) is 0 Å². The molecule has 0 unspecified atom stereocenters. The number of aryl methyl sites for hydroxylation is 1. The number of para-hydroxylation sites is 1. The average molecular weight is 462 g/mol. The Bertz CT molecular complexity index is 1270. The fraction of sp³-hybridized carbons (Fsp3) is 0.125. The lowest BCUT2D eigenvalue weighted by Gasteiger charge is -2.12. The molecule has 3 rings (SSSR count). The van der Waals surface area contributed by atoms with E-state index >= 15 is 0 Å². The molecule has 3 aromatic carbocycles. The largest absolute Gasteiger partial charge is 0.507 e. The molecule has 3 aromatic rings. The van der Waals surface area contributed by atoms with Crippen LogP contribution in [0.2, 0.25) is 0 Å². The Labute approximate surface area is 195 Å². The van der Waals surface area contributed by atoms with Gasteiger partial charge in [-0.25, -0.2) is 5.43 Å². The van der Waals surface area contributed by atoms with Crippen molar-refractivity contribution in [2.24, 2.45) is 5.10 Å². The zero-order valence-electron chi connectivity index (χ0n) is 18.4. The van der Waals surface area contributed by atoms with Crippen LogP contribution in [-0.2, 0) is 4.79 Å². The molecule has 2 amide bonds. The summed E-state index contributed by atoms with van der Waals surface area (Å²) >= 11 is 0. The van der Waals surface area contributed by atoms with Gasteiger partial charge in [0.05, 0.1) is 22.4 Å². The van der Waals surface area contributed by atoms with E-state index < -0.39 is 16.7 Å². The summed E-state index contributed by atoms with van der Waals surface area (Å²) in [7, 11) is 0. The highest BCUT2D eigenvalue weighted by Crippen LogP contribution is 2.22. The number of nitro benzene ring substituents is 1. The number of non-ortho nitro benzene ring substituents is 1. The molecular weight excluding hydrogens is 440 g/mol. The van der Waals surface area contributed by atoms with Crippen LogP contribution >= 0.6 is 0 Å². The van der Waals surface area contributed by atoms with Crippen molar-refractivity contribution in [1.82, 2.24) is 5.43 Å². The molecule has 0 heterocycles. The molecule has 0 radical (unpaired) electrons. The van der Waals surface area contributed by atoms with Crippen LogP contribution in [0.15, 0.2) is 65.8 Å². The van der Waals surface area contributed by atoms with Gasteiger partial charge in [0.1, 0.15) is 11.5 Å². The SMILES string of the molecule is Cc1cccc(OCC(=O)Nc2ccccc2C(=O)NN=Cc2cc([N+](=O)[O-])ccc2O)c1C. The summed E-state index contributed by atoms with van der Waals surface area (Å²) in [5.41, 5.74) is 4.46. The van der Waals surface area contributed by atoms with Gasteiger partial charge < -0.3 is 15.2 Å². The lowest BCUT2D eigenvalue weighted by molar-refractivity contribution is -0.384. The first-order valence-corrected chi connectivity index (χ1v) is 10.1. The van der Waals surface area contributed by atoms with Crippen LogP contribution in [-0.4, -0.2) is 34.7 Å². The van der Waals surface area contributed by atoms with Crippen molar-refractivity contribution in [2.75, 3.05) is 11.9 Å². The molecule has 0 aliphatic carbocycles. The van der Waals surface area contributed by atoms with Crippen molar-refractivity contribution in [3.05, 3.63) is 93.0 Å². The number of nitrogens with zero attached hydrogens (tertiary/aromatic N) is 2. The molecule has 0 atom stereocenters. The van der Waals surface area contributed by atoms with E-state index in [9.17, 15) is 24.8 Å². The first kappa shape index (κ1) is 23.9. The highest BCUT2D eigenvalue weighted by atomic mass is 16.6. The van der Waals surface area contributed by atoms with Crippen molar-refractivity contribution in [3.63, 3.8) is 0 Å². The van der Waals surface area contributed by atoms with Crippen LogP contribution in [0.3, 0.4) is 0 Å². The normalized spacial score (nSPS) is 10.6. The molecule has 0 aliphatic heterocycles. The van der Waals surface area contributed by atoms with Gasteiger partial charge in [-0.15, -0.1) is 0 Å². The number of anilines is 1. The Morgan fingerprint density at radius 3 is 2.65 bits per heavy atom. The maximum Gasteiger partial charge on any atom is 0.273 e. The van der Waals surface area contributed by atoms with E-state index in [1.54, 1.807) is 24.3 Å². The number of carbonyl (C=O) groups excluding carboxylic acids is 2. The number of hydrogen-bond acceptors (Lipinski definition) is 7. The molecule has 0 aromatic heterocycles. The summed E-state index contributed by atoms with van der Waals surface area (Å²) < 4.78 is 5.60. The van der Waals surface area contributed by atoms with Gasteiger partial charge in [0.2, 0.25) is 0 Å². The Hall–Kier alpha value is -4.73. The molecule has 0 spiro atoms. The molecule has 34 heavy (non-hydrogen) atoms. The van der Waals surface area contributed by atoms with E-state index in [4.69, 9.17) is 4.74 Å². The molecular formula is C24H22N4O6. The number of rotatable bonds is 8. The summed E-state index contributed by atoms with van der Waals surface area (Å²) in [6, 6.07) is 15.3. The number of nitro groups is 1. The first-order chi connectivity index (χ1) is 16.3. The Kier molecular flexibility index (Phi) is 7.55. The molecule has 10 nitrogen and oxygen atoms in total. The first-order valence-electron chi connectivity index (χ1n) is 10.1. The number of ether oxygens (including phenoxy) is 1. The Morgan fingerprint density at radius 1 is 1.12 bits per heavy atom. The monoisotopic (exact) mass is 462 g/mol. The Morgan fingerprint density at radius 2 is 1.88 bits per heavy atom. The van der Waals surface area contributed by atoms with Crippen LogP contribution < -0.4 is 15.5 Å². The maximum atomic E-state index is 12.6. The maximum absolute atomic E-state index is 12.6. The predicted molar refractivity (Wildman–Crippen MR) is 126 cm³/mol. The summed E-state index contributed by atoms with van der Waals surface area (Å²) in [5, 5.41) is 27.1. The second-order valence-corrected chi connectivity index (χ2v) is 7.28. The summed E-state index contributed by atoms with van der Waals surface area (Å²) in [6.07, 6.45) is 1.08. The molecule has 10 heteroatoms. The number of hydrazone groups is 1. The third-order valence-corrected chi connectivity index (χ3v) is 4.95. The van der Waals surface area contributed by atoms with Crippen LogP contribution in [0.1, 0.15) is 27.0 Å². The standard InChI is InChI=1S/C24H22N4O6/c1-15-6-5-9-22(16(15)2)34-14-23(30)26-20-8-4-3-7-19(20)24(31)27-25-13-17-12-18(28(32)33)10-11-21(17)29/h3-13,29H,14H2,1-2H3,(H,26,30)(H,27,31). The van der Waals surface area contributed by atoms with Crippen molar-refractivity contribution in [3.8, 4) is 11.5 Å². The smallest absolute Gasteiger partial charge is 0.273 e. The molecule has 0 saturated heterocycles. The van der Waals surface area contributed by atoms with Crippen LogP contribution in [0.5, 0.6) is 11.5 Å². The van der Waals surface area contributed by atoms with Gasteiger partial charge in [0.15, 0.2) is 6.61 Å². The summed E-state index contributed by atoms with van der Waals surface area (Å²) in [4.78, 5) is 35.2. The number of amides is 2. The van der Waals surface area contributed by atoms with Gasteiger partial charge in [-0.1, -0.05) is 24.3 Å². The van der Waals surface area contributed by atoms with Gasteiger partial charge in [-0.2, -0.15) is 5.10 Å². The fourth-order valence-corrected chi connectivity index (χ4v) is 2.98. The lowest BCUT2D eigenvalue weighted by atomic mass is 10.1. The van der Waals surface area contributed by atoms with Gasteiger partial charge in [-0.3, -0.25) is 19.7 Å². The second kappa shape index (κ2) is 10.7.